The van der Waals surface area contributed by atoms with Crippen LogP contribution in [0.4, 0.5) is 0 Å². The molecule has 0 aliphatic heterocycles. The Morgan fingerprint density at radius 1 is 1.12 bits per heavy atom. The molecule has 0 bridgehead atoms. The summed E-state index contributed by atoms with van der Waals surface area (Å²) in [5.74, 6) is 0.156. The number of hydrogen-bond donors (Lipinski definition) is 2. The third-order valence-corrected chi connectivity index (χ3v) is 5.96. The monoisotopic (exact) mass is 359 g/mol. The van der Waals surface area contributed by atoms with Gasteiger partial charge in [-0.25, -0.2) is 4.98 Å². The molecule has 1 fully saturated rings. The number of nitrogens with zero attached hydrogens (tertiary/aromatic N) is 1. The summed E-state index contributed by atoms with van der Waals surface area (Å²) < 4.78 is 1.23. The second kappa shape index (κ2) is 9.88. The number of thiazole rings is 1. The molecule has 5 heteroatoms. The van der Waals surface area contributed by atoms with Crippen LogP contribution in [0.25, 0.3) is 10.2 Å². The Morgan fingerprint density at radius 3 is 2.72 bits per heavy atom. The van der Waals surface area contributed by atoms with E-state index in [0.29, 0.717) is 12.5 Å². The predicted octanol–water partition coefficient (Wildman–Crippen LogP) is 4.05. The van der Waals surface area contributed by atoms with Gasteiger partial charge in [0.15, 0.2) is 0 Å². The SMILES string of the molecule is O=C(CCCc1nc2ccccc2s1)NCCNC1CCCCCC1. The van der Waals surface area contributed by atoms with Crippen molar-refractivity contribution in [1.82, 2.24) is 15.6 Å². The first kappa shape index (κ1) is 18.3. The average Bonchev–Trinajstić information content (AvgIpc) is 2.85. The van der Waals surface area contributed by atoms with Crippen molar-refractivity contribution in [3.63, 3.8) is 0 Å². The van der Waals surface area contributed by atoms with Crippen molar-refractivity contribution in [2.24, 2.45) is 0 Å². The zero-order valence-electron chi connectivity index (χ0n) is 14.9. The maximum Gasteiger partial charge on any atom is 0.220 e. The first-order valence-corrected chi connectivity index (χ1v) is 10.5. The van der Waals surface area contributed by atoms with E-state index in [1.807, 2.05) is 18.2 Å². The molecular formula is C20H29N3OS. The fraction of sp³-hybridized carbons (Fsp3) is 0.600. The number of aryl methyl sites for hydroxylation is 1. The Labute approximate surface area is 154 Å². The van der Waals surface area contributed by atoms with Crippen LogP contribution in [0.5, 0.6) is 0 Å². The Bertz CT molecular complexity index is 629. The summed E-state index contributed by atoms with van der Waals surface area (Å²) in [6, 6.07) is 8.86. The minimum Gasteiger partial charge on any atom is -0.355 e. The van der Waals surface area contributed by atoms with Gasteiger partial charge in [-0.1, -0.05) is 37.8 Å². The van der Waals surface area contributed by atoms with Gasteiger partial charge in [-0.05, 0) is 37.8 Å². The van der Waals surface area contributed by atoms with Crippen molar-refractivity contribution < 1.29 is 4.79 Å². The van der Waals surface area contributed by atoms with Crippen molar-refractivity contribution in [1.29, 1.82) is 0 Å². The molecule has 0 spiro atoms. The highest BCUT2D eigenvalue weighted by molar-refractivity contribution is 7.18. The van der Waals surface area contributed by atoms with Crippen molar-refractivity contribution in [2.45, 2.75) is 63.8 Å². The predicted molar refractivity (Wildman–Crippen MR) is 105 cm³/mol. The van der Waals surface area contributed by atoms with E-state index in [1.54, 1.807) is 11.3 Å². The lowest BCUT2D eigenvalue weighted by molar-refractivity contribution is -0.121. The summed E-state index contributed by atoms with van der Waals surface area (Å²) in [6.45, 7) is 1.62. The molecule has 0 unspecified atom stereocenters. The summed E-state index contributed by atoms with van der Waals surface area (Å²) in [6.07, 6.45) is 10.3. The van der Waals surface area contributed by atoms with Crippen LogP contribution in [-0.2, 0) is 11.2 Å². The number of rotatable bonds is 8. The van der Waals surface area contributed by atoms with Crippen molar-refractivity contribution in [3.8, 4) is 0 Å². The third-order valence-electron chi connectivity index (χ3n) is 4.87. The maximum atomic E-state index is 12.0. The van der Waals surface area contributed by atoms with E-state index in [9.17, 15) is 4.79 Å². The molecule has 2 N–H and O–H groups in total. The molecule has 1 aliphatic carbocycles. The van der Waals surface area contributed by atoms with Crippen molar-refractivity contribution in [2.75, 3.05) is 13.1 Å². The summed E-state index contributed by atoms with van der Waals surface area (Å²) in [7, 11) is 0. The van der Waals surface area contributed by atoms with E-state index in [-0.39, 0.29) is 5.91 Å². The average molecular weight is 360 g/mol. The lowest BCUT2D eigenvalue weighted by atomic mass is 10.1. The topological polar surface area (TPSA) is 54.0 Å². The van der Waals surface area contributed by atoms with Gasteiger partial charge in [-0.3, -0.25) is 4.79 Å². The van der Waals surface area contributed by atoms with Crippen LogP contribution < -0.4 is 10.6 Å². The number of carbonyl (C=O) groups is 1. The van der Waals surface area contributed by atoms with Crippen LogP contribution in [0.2, 0.25) is 0 Å². The number of amides is 1. The number of benzene rings is 1. The third kappa shape index (κ3) is 6.08. The number of fused-ring (bicyclic) bond motifs is 1. The van der Waals surface area contributed by atoms with Gasteiger partial charge in [0.25, 0.3) is 0 Å². The molecule has 3 rings (SSSR count). The van der Waals surface area contributed by atoms with E-state index >= 15 is 0 Å². The number of carbonyl (C=O) groups excluding carboxylic acids is 1. The highest BCUT2D eigenvalue weighted by Crippen LogP contribution is 2.22. The number of nitrogens with one attached hydrogen (secondary N) is 2. The highest BCUT2D eigenvalue weighted by atomic mass is 32.1. The quantitative estimate of drug-likeness (QED) is 0.552. The molecule has 1 amide bonds. The summed E-state index contributed by atoms with van der Waals surface area (Å²) >= 11 is 1.74. The van der Waals surface area contributed by atoms with Gasteiger partial charge in [-0.2, -0.15) is 0 Å². The van der Waals surface area contributed by atoms with Gasteiger partial charge in [-0.15, -0.1) is 11.3 Å². The van der Waals surface area contributed by atoms with Crippen LogP contribution in [0, 0.1) is 0 Å². The fourth-order valence-electron chi connectivity index (χ4n) is 3.48. The molecule has 1 aromatic heterocycles. The van der Waals surface area contributed by atoms with E-state index in [1.165, 1.54) is 43.2 Å². The molecule has 4 nitrogen and oxygen atoms in total. The molecule has 1 saturated carbocycles. The maximum absolute atomic E-state index is 12.0. The van der Waals surface area contributed by atoms with Gasteiger partial charge in [0, 0.05) is 25.6 Å². The Balaban J connectivity index is 1.27. The summed E-state index contributed by atoms with van der Waals surface area (Å²) in [5.41, 5.74) is 1.07. The molecular weight excluding hydrogens is 330 g/mol. The molecule has 0 radical (unpaired) electrons. The normalized spacial score (nSPS) is 16.0. The Kier molecular flexibility index (Phi) is 7.24. The van der Waals surface area contributed by atoms with Crippen LogP contribution in [0.3, 0.4) is 0 Å². The Hall–Kier alpha value is -1.46. The van der Waals surface area contributed by atoms with Gasteiger partial charge < -0.3 is 10.6 Å². The second-order valence-electron chi connectivity index (χ2n) is 6.92. The van der Waals surface area contributed by atoms with Gasteiger partial charge >= 0.3 is 0 Å². The molecule has 1 aliphatic rings. The van der Waals surface area contributed by atoms with E-state index in [0.717, 1.165) is 36.5 Å². The fourth-order valence-corrected chi connectivity index (χ4v) is 4.49. The Morgan fingerprint density at radius 2 is 1.92 bits per heavy atom. The standard InChI is InChI=1S/C20H29N3OS/c24-19(22-15-14-21-16-8-3-1-2-4-9-16)12-7-13-20-23-17-10-5-6-11-18(17)25-20/h5-6,10-11,16,21H,1-4,7-9,12-15H2,(H,22,24). The van der Waals surface area contributed by atoms with Crippen molar-refractivity contribution in [3.05, 3.63) is 29.3 Å². The second-order valence-corrected chi connectivity index (χ2v) is 8.04. The minimum atomic E-state index is 0.156. The van der Waals surface area contributed by atoms with Crippen LogP contribution in [0.15, 0.2) is 24.3 Å². The van der Waals surface area contributed by atoms with E-state index < -0.39 is 0 Å². The van der Waals surface area contributed by atoms with Crippen molar-refractivity contribution >= 4 is 27.5 Å². The zero-order chi connectivity index (χ0) is 17.3. The lowest BCUT2D eigenvalue weighted by Gasteiger charge is -2.16. The summed E-state index contributed by atoms with van der Waals surface area (Å²) in [5, 5.41) is 7.75. The van der Waals surface area contributed by atoms with Gasteiger partial charge in [0.05, 0.1) is 15.2 Å². The molecule has 2 aromatic rings. The molecule has 25 heavy (non-hydrogen) atoms. The molecule has 136 valence electrons. The van der Waals surface area contributed by atoms with Gasteiger partial charge in [0.1, 0.15) is 0 Å². The molecule has 0 saturated heterocycles. The van der Waals surface area contributed by atoms with Crippen LogP contribution >= 0.6 is 11.3 Å². The first-order valence-electron chi connectivity index (χ1n) is 9.66. The number of aromatic nitrogens is 1. The summed E-state index contributed by atoms with van der Waals surface area (Å²) in [4.78, 5) is 16.6. The van der Waals surface area contributed by atoms with E-state index in [2.05, 4.69) is 21.7 Å². The van der Waals surface area contributed by atoms with E-state index in [4.69, 9.17) is 0 Å². The largest absolute Gasteiger partial charge is 0.355 e. The van der Waals surface area contributed by atoms with Crippen LogP contribution in [-0.4, -0.2) is 30.0 Å². The minimum absolute atomic E-state index is 0.156. The smallest absolute Gasteiger partial charge is 0.220 e. The number of para-hydroxylation sites is 1. The number of hydrogen-bond acceptors (Lipinski definition) is 4. The molecule has 1 heterocycles. The molecule has 0 atom stereocenters. The zero-order valence-corrected chi connectivity index (χ0v) is 15.7. The molecule has 1 aromatic carbocycles. The van der Waals surface area contributed by atoms with Gasteiger partial charge in [0.2, 0.25) is 5.91 Å². The van der Waals surface area contributed by atoms with Crippen LogP contribution in [0.1, 0.15) is 56.4 Å². The lowest BCUT2D eigenvalue weighted by Crippen LogP contribution is -2.36. The highest BCUT2D eigenvalue weighted by Gasteiger charge is 2.11. The first-order chi connectivity index (χ1) is 12.3.